The third kappa shape index (κ3) is 4.00. The molecule has 2 aromatic heterocycles. The molecule has 0 bridgehead atoms. The van der Waals surface area contributed by atoms with Crippen molar-refractivity contribution in [3.8, 4) is 10.7 Å². The van der Waals surface area contributed by atoms with Crippen molar-refractivity contribution in [1.29, 1.82) is 0 Å². The zero-order chi connectivity index (χ0) is 16.4. The largest absolute Gasteiger partial charge is 0.338 e. The first kappa shape index (κ1) is 17.0. The topological polar surface area (TPSA) is 79.5 Å². The van der Waals surface area contributed by atoms with Crippen molar-refractivity contribution in [3.05, 3.63) is 21.8 Å². The fraction of sp³-hybridized carbons (Fsp3) is 0.538. The molecule has 1 fully saturated rings. The van der Waals surface area contributed by atoms with Gasteiger partial charge in [-0.3, -0.25) is 4.90 Å². The molecule has 0 aliphatic carbocycles. The van der Waals surface area contributed by atoms with Gasteiger partial charge in [0.25, 0.3) is 0 Å². The number of thiophene rings is 1. The fourth-order valence-electron chi connectivity index (χ4n) is 2.39. The Morgan fingerprint density at radius 1 is 1.35 bits per heavy atom. The molecular formula is C13H17BrN4O3S2. The van der Waals surface area contributed by atoms with E-state index in [1.165, 1.54) is 0 Å². The molecule has 126 valence electrons. The molecule has 0 radical (unpaired) electrons. The molecule has 0 N–H and O–H groups in total. The lowest BCUT2D eigenvalue weighted by Crippen LogP contribution is -2.48. The second-order valence-corrected chi connectivity index (χ2v) is 9.30. The molecule has 3 heterocycles. The molecule has 7 nitrogen and oxygen atoms in total. The van der Waals surface area contributed by atoms with E-state index in [1.807, 2.05) is 11.4 Å². The second-order valence-electron chi connectivity index (χ2n) is 5.22. The van der Waals surface area contributed by atoms with Crippen LogP contribution in [0.3, 0.4) is 0 Å². The van der Waals surface area contributed by atoms with Gasteiger partial charge in [0.15, 0.2) is 0 Å². The normalized spacial score (nSPS) is 17.7. The minimum absolute atomic E-state index is 0.149. The van der Waals surface area contributed by atoms with Gasteiger partial charge in [0.1, 0.15) is 0 Å². The van der Waals surface area contributed by atoms with E-state index < -0.39 is 10.0 Å². The Morgan fingerprint density at radius 3 is 2.70 bits per heavy atom. The van der Waals surface area contributed by atoms with Crippen LogP contribution in [0.5, 0.6) is 0 Å². The average Bonchev–Trinajstić information content (AvgIpc) is 3.17. The molecule has 1 saturated heterocycles. The summed E-state index contributed by atoms with van der Waals surface area (Å²) in [5, 5.41) is 5.97. The van der Waals surface area contributed by atoms with Crippen molar-refractivity contribution in [2.45, 2.75) is 13.5 Å². The van der Waals surface area contributed by atoms with Gasteiger partial charge in [0, 0.05) is 36.0 Å². The Morgan fingerprint density at radius 2 is 2.09 bits per heavy atom. The molecule has 1 aliphatic rings. The van der Waals surface area contributed by atoms with E-state index in [0.717, 1.165) is 9.35 Å². The summed E-state index contributed by atoms with van der Waals surface area (Å²) in [4.78, 5) is 7.49. The monoisotopic (exact) mass is 420 g/mol. The number of halogens is 1. The molecule has 23 heavy (non-hydrogen) atoms. The number of sulfonamides is 1. The first-order valence-corrected chi connectivity index (χ1v) is 10.5. The van der Waals surface area contributed by atoms with Crippen LogP contribution in [0.4, 0.5) is 0 Å². The van der Waals surface area contributed by atoms with Crippen molar-refractivity contribution in [3.63, 3.8) is 0 Å². The van der Waals surface area contributed by atoms with Gasteiger partial charge in [0.05, 0.1) is 17.2 Å². The number of aromatic nitrogens is 2. The first-order valence-electron chi connectivity index (χ1n) is 7.25. The van der Waals surface area contributed by atoms with Crippen molar-refractivity contribution >= 4 is 37.3 Å². The molecule has 0 aromatic carbocycles. The number of rotatable bonds is 5. The van der Waals surface area contributed by atoms with Crippen molar-refractivity contribution < 1.29 is 12.9 Å². The highest BCUT2D eigenvalue weighted by Crippen LogP contribution is 2.27. The minimum Gasteiger partial charge on any atom is -0.338 e. The van der Waals surface area contributed by atoms with Gasteiger partial charge in [0.2, 0.25) is 21.7 Å². The Bertz CT molecular complexity index is 766. The maximum absolute atomic E-state index is 11.8. The molecule has 0 unspecified atom stereocenters. The van der Waals surface area contributed by atoms with Gasteiger partial charge in [-0.05, 0) is 28.9 Å². The third-order valence-electron chi connectivity index (χ3n) is 3.70. The summed E-state index contributed by atoms with van der Waals surface area (Å²) in [5.41, 5.74) is 0. The average molecular weight is 421 g/mol. The molecular weight excluding hydrogens is 404 g/mol. The highest BCUT2D eigenvalue weighted by atomic mass is 79.9. The van der Waals surface area contributed by atoms with E-state index in [9.17, 15) is 8.42 Å². The maximum atomic E-state index is 11.8. The van der Waals surface area contributed by atoms with E-state index >= 15 is 0 Å². The Balaban J connectivity index is 1.58. The number of hydrogen-bond acceptors (Lipinski definition) is 7. The molecule has 10 heteroatoms. The molecule has 3 rings (SSSR count). The summed E-state index contributed by atoms with van der Waals surface area (Å²) in [6.45, 7) is 4.57. The van der Waals surface area contributed by atoms with Crippen LogP contribution in [0.25, 0.3) is 10.7 Å². The van der Waals surface area contributed by atoms with Gasteiger partial charge in [-0.1, -0.05) is 5.16 Å². The maximum Gasteiger partial charge on any atom is 0.241 e. The zero-order valence-electron chi connectivity index (χ0n) is 12.6. The van der Waals surface area contributed by atoms with Crippen LogP contribution in [-0.4, -0.2) is 59.7 Å². The number of hydrogen-bond donors (Lipinski definition) is 0. The highest BCUT2D eigenvalue weighted by molar-refractivity contribution is 9.10. The van der Waals surface area contributed by atoms with Crippen LogP contribution in [-0.2, 0) is 16.6 Å². The Labute approximate surface area is 147 Å². The molecule has 2 aromatic rings. The predicted octanol–water partition coefficient (Wildman–Crippen LogP) is 2.03. The molecule has 0 atom stereocenters. The standard InChI is InChI=1S/C13H17BrN4O3S2/c1-2-23(19,20)18-5-3-17(4-6-18)8-12-15-13(16-21-12)11-7-10(14)9-22-11/h7,9H,2-6,8H2,1H3. The van der Waals surface area contributed by atoms with E-state index in [4.69, 9.17) is 4.52 Å². The van der Waals surface area contributed by atoms with Gasteiger partial charge in [-0.15, -0.1) is 11.3 Å². The molecule has 0 saturated carbocycles. The van der Waals surface area contributed by atoms with Crippen molar-refractivity contribution in [2.24, 2.45) is 0 Å². The van der Waals surface area contributed by atoms with Crippen molar-refractivity contribution in [2.75, 3.05) is 31.9 Å². The second kappa shape index (κ2) is 6.98. The molecule has 0 amide bonds. The lowest BCUT2D eigenvalue weighted by molar-refractivity contribution is 0.163. The third-order valence-corrected chi connectivity index (χ3v) is 7.27. The Hall–Kier alpha value is -0.810. The van der Waals surface area contributed by atoms with Crippen LogP contribution in [0.1, 0.15) is 12.8 Å². The zero-order valence-corrected chi connectivity index (χ0v) is 15.8. The molecule has 1 aliphatic heterocycles. The van der Waals surface area contributed by atoms with E-state index in [2.05, 4.69) is 31.0 Å². The number of piperazine rings is 1. The number of nitrogens with zero attached hydrogens (tertiary/aromatic N) is 4. The van der Waals surface area contributed by atoms with Crippen molar-refractivity contribution in [1.82, 2.24) is 19.3 Å². The van der Waals surface area contributed by atoms with Gasteiger partial charge in [-0.25, -0.2) is 8.42 Å². The summed E-state index contributed by atoms with van der Waals surface area (Å²) in [7, 11) is -3.09. The predicted molar refractivity (Wildman–Crippen MR) is 91.6 cm³/mol. The summed E-state index contributed by atoms with van der Waals surface area (Å²) < 4.78 is 31.5. The van der Waals surface area contributed by atoms with Gasteiger partial charge in [-0.2, -0.15) is 9.29 Å². The summed E-state index contributed by atoms with van der Waals surface area (Å²) >= 11 is 4.95. The van der Waals surface area contributed by atoms with Crippen LogP contribution >= 0.6 is 27.3 Å². The summed E-state index contributed by atoms with van der Waals surface area (Å²) in [5.74, 6) is 1.29. The van der Waals surface area contributed by atoms with E-state index in [1.54, 1.807) is 22.6 Å². The van der Waals surface area contributed by atoms with Crippen LogP contribution in [0.2, 0.25) is 0 Å². The molecule has 0 spiro atoms. The van der Waals surface area contributed by atoms with Crippen LogP contribution in [0.15, 0.2) is 20.4 Å². The Kier molecular flexibility index (Phi) is 5.16. The van der Waals surface area contributed by atoms with Gasteiger partial charge >= 0.3 is 0 Å². The first-order chi connectivity index (χ1) is 11.0. The van der Waals surface area contributed by atoms with Gasteiger partial charge < -0.3 is 4.52 Å². The van der Waals surface area contributed by atoms with E-state index in [0.29, 0.717) is 44.4 Å². The highest BCUT2D eigenvalue weighted by Gasteiger charge is 2.26. The van der Waals surface area contributed by atoms with Crippen LogP contribution in [0, 0.1) is 0 Å². The quantitative estimate of drug-likeness (QED) is 0.735. The summed E-state index contributed by atoms with van der Waals surface area (Å²) in [6.07, 6.45) is 0. The fourth-order valence-corrected chi connectivity index (χ4v) is 4.83. The SMILES string of the molecule is CCS(=O)(=O)N1CCN(Cc2nc(-c3cc(Br)cs3)no2)CC1. The summed E-state index contributed by atoms with van der Waals surface area (Å²) in [6, 6.07) is 1.95. The lowest BCUT2D eigenvalue weighted by atomic mass is 10.3. The lowest BCUT2D eigenvalue weighted by Gasteiger charge is -2.32. The van der Waals surface area contributed by atoms with E-state index in [-0.39, 0.29) is 5.75 Å². The minimum atomic E-state index is -3.09. The van der Waals surface area contributed by atoms with Crippen LogP contribution < -0.4 is 0 Å². The smallest absolute Gasteiger partial charge is 0.241 e.